The number of nitrogens with one attached hydrogen (secondary N) is 1. The molecule has 10 heteroatoms. The quantitative estimate of drug-likeness (QED) is 0.812. The first-order chi connectivity index (χ1) is 12.7. The fourth-order valence-corrected chi connectivity index (χ4v) is 5.40. The maximum absolute atomic E-state index is 13.7. The van der Waals surface area contributed by atoms with E-state index in [2.05, 4.69) is 0 Å². The summed E-state index contributed by atoms with van der Waals surface area (Å²) in [5, 5.41) is 0. The molecule has 2 aromatic carbocycles. The van der Waals surface area contributed by atoms with Gasteiger partial charge >= 0.3 is 0 Å². The molecule has 27 heavy (non-hydrogen) atoms. The molecule has 0 aromatic heterocycles. The van der Waals surface area contributed by atoms with Gasteiger partial charge in [-0.3, -0.25) is 4.72 Å². The maximum Gasteiger partial charge on any atom is 0.261 e. The smallest absolute Gasteiger partial charge is 0.261 e. The van der Waals surface area contributed by atoms with Gasteiger partial charge in [-0.25, -0.2) is 25.6 Å². The van der Waals surface area contributed by atoms with Gasteiger partial charge in [-0.1, -0.05) is 6.42 Å². The number of hydrogen-bond donors (Lipinski definition) is 1. The number of halogens is 2. The number of rotatable bonds is 5. The molecule has 1 saturated heterocycles. The Kier molecular flexibility index (Phi) is 5.50. The standard InChI is InChI=1S/C17H18F2N2O4S2/c18-13-4-9-16(19)17(12-13)20-26(22,23)14-5-7-15(8-6-14)27(24,25)21-10-2-1-3-11-21/h4-9,12,20H,1-3,10-11H2. The number of piperidine rings is 1. The number of nitrogens with zero attached hydrogens (tertiary/aromatic N) is 1. The van der Waals surface area contributed by atoms with Crippen LogP contribution in [0.25, 0.3) is 0 Å². The minimum Gasteiger partial charge on any atom is -0.277 e. The van der Waals surface area contributed by atoms with Crippen LogP contribution in [0.2, 0.25) is 0 Å². The predicted octanol–water partition coefficient (Wildman–Crippen LogP) is 2.94. The van der Waals surface area contributed by atoms with Gasteiger partial charge in [0.05, 0.1) is 15.5 Å². The molecule has 1 fully saturated rings. The van der Waals surface area contributed by atoms with Crippen LogP contribution in [-0.2, 0) is 20.0 Å². The van der Waals surface area contributed by atoms with Crippen LogP contribution in [0.1, 0.15) is 19.3 Å². The summed E-state index contributed by atoms with van der Waals surface area (Å²) in [6.45, 7) is 0.867. The number of sulfonamides is 2. The van der Waals surface area contributed by atoms with E-state index in [1.54, 1.807) is 0 Å². The zero-order chi connectivity index (χ0) is 19.7. The third-order valence-electron chi connectivity index (χ3n) is 4.26. The van der Waals surface area contributed by atoms with Gasteiger partial charge < -0.3 is 0 Å². The molecule has 3 rings (SSSR count). The molecule has 1 N–H and O–H groups in total. The molecule has 0 amide bonds. The van der Waals surface area contributed by atoms with Gasteiger partial charge in [-0.2, -0.15) is 4.31 Å². The van der Waals surface area contributed by atoms with Crippen LogP contribution >= 0.6 is 0 Å². The molecule has 0 spiro atoms. The Balaban J connectivity index is 1.84. The highest BCUT2D eigenvalue weighted by molar-refractivity contribution is 7.92. The minimum absolute atomic E-state index is 0.0136. The molecule has 0 atom stereocenters. The molecule has 0 bridgehead atoms. The van der Waals surface area contributed by atoms with Crippen molar-refractivity contribution in [2.75, 3.05) is 17.8 Å². The molecular weight excluding hydrogens is 398 g/mol. The van der Waals surface area contributed by atoms with Crippen LogP contribution in [0, 0.1) is 11.6 Å². The number of benzene rings is 2. The lowest BCUT2D eigenvalue weighted by molar-refractivity contribution is 0.346. The molecule has 1 aliphatic heterocycles. The Labute approximate surface area is 156 Å². The van der Waals surface area contributed by atoms with E-state index in [1.165, 1.54) is 16.4 Å². The zero-order valence-electron chi connectivity index (χ0n) is 14.2. The first-order valence-corrected chi connectivity index (χ1v) is 11.2. The Morgan fingerprint density at radius 1 is 0.815 bits per heavy atom. The van der Waals surface area contributed by atoms with Crippen molar-refractivity contribution in [1.29, 1.82) is 0 Å². The highest BCUT2D eigenvalue weighted by atomic mass is 32.2. The van der Waals surface area contributed by atoms with Gasteiger partial charge in [0.2, 0.25) is 10.0 Å². The Morgan fingerprint density at radius 2 is 1.41 bits per heavy atom. The predicted molar refractivity (Wildman–Crippen MR) is 96.2 cm³/mol. The van der Waals surface area contributed by atoms with E-state index in [-0.39, 0.29) is 9.79 Å². The van der Waals surface area contributed by atoms with E-state index in [0.717, 1.165) is 49.6 Å². The van der Waals surface area contributed by atoms with Crippen LogP contribution in [0.5, 0.6) is 0 Å². The molecule has 2 aromatic rings. The summed E-state index contributed by atoms with van der Waals surface area (Å²) in [4.78, 5) is -0.274. The summed E-state index contributed by atoms with van der Waals surface area (Å²) in [6.07, 6.45) is 2.55. The normalized spacial score (nSPS) is 16.2. The Hall–Kier alpha value is -2.04. The Bertz CT molecular complexity index is 1030. The molecular formula is C17H18F2N2O4S2. The van der Waals surface area contributed by atoms with Crippen molar-refractivity contribution in [2.24, 2.45) is 0 Å². The second kappa shape index (κ2) is 7.53. The van der Waals surface area contributed by atoms with E-state index >= 15 is 0 Å². The topological polar surface area (TPSA) is 83.5 Å². The first kappa shape index (κ1) is 19.7. The summed E-state index contributed by atoms with van der Waals surface area (Å²) in [6, 6.07) is 7.03. The van der Waals surface area contributed by atoms with Crippen molar-refractivity contribution < 1.29 is 25.6 Å². The van der Waals surface area contributed by atoms with Gasteiger partial charge in [0, 0.05) is 19.2 Å². The lowest BCUT2D eigenvalue weighted by Gasteiger charge is -2.25. The summed E-state index contributed by atoms with van der Waals surface area (Å²) < 4.78 is 80.1. The first-order valence-electron chi connectivity index (χ1n) is 8.28. The third kappa shape index (κ3) is 4.28. The largest absolute Gasteiger partial charge is 0.277 e. The summed E-state index contributed by atoms with van der Waals surface area (Å²) in [7, 11) is -7.89. The monoisotopic (exact) mass is 416 g/mol. The zero-order valence-corrected chi connectivity index (χ0v) is 15.9. The number of anilines is 1. The maximum atomic E-state index is 13.7. The van der Waals surface area contributed by atoms with Crippen molar-refractivity contribution in [2.45, 2.75) is 29.1 Å². The minimum atomic E-state index is -4.20. The van der Waals surface area contributed by atoms with Crippen molar-refractivity contribution >= 4 is 25.7 Å². The second-order valence-corrected chi connectivity index (χ2v) is 9.79. The lowest BCUT2D eigenvalue weighted by Crippen LogP contribution is -2.35. The lowest BCUT2D eigenvalue weighted by atomic mass is 10.2. The molecule has 1 heterocycles. The van der Waals surface area contributed by atoms with Gasteiger partial charge in [-0.15, -0.1) is 0 Å². The van der Waals surface area contributed by atoms with Crippen LogP contribution in [0.4, 0.5) is 14.5 Å². The highest BCUT2D eigenvalue weighted by Gasteiger charge is 2.26. The van der Waals surface area contributed by atoms with Crippen LogP contribution in [0.15, 0.2) is 52.3 Å². The second-order valence-electron chi connectivity index (χ2n) is 6.17. The van der Waals surface area contributed by atoms with Crippen LogP contribution in [-0.4, -0.2) is 34.2 Å². The van der Waals surface area contributed by atoms with Crippen molar-refractivity contribution in [3.05, 3.63) is 54.1 Å². The molecule has 0 unspecified atom stereocenters. The molecule has 6 nitrogen and oxygen atoms in total. The fraction of sp³-hybridized carbons (Fsp3) is 0.294. The van der Waals surface area contributed by atoms with Crippen LogP contribution in [0.3, 0.4) is 0 Å². The Morgan fingerprint density at radius 3 is 2.04 bits per heavy atom. The SMILES string of the molecule is O=S(=O)(Nc1cc(F)ccc1F)c1ccc(S(=O)(=O)N2CCCCC2)cc1. The molecule has 1 aliphatic rings. The molecule has 0 saturated carbocycles. The molecule has 146 valence electrons. The molecule has 0 radical (unpaired) electrons. The van der Waals surface area contributed by atoms with Crippen molar-refractivity contribution in [3.8, 4) is 0 Å². The fourth-order valence-electron chi connectivity index (χ4n) is 2.82. The summed E-state index contributed by atoms with van der Waals surface area (Å²) in [5.41, 5.74) is -0.528. The van der Waals surface area contributed by atoms with Crippen LogP contribution < -0.4 is 4.72 Å². The summed E-state index contributed by atoms with van der Waals surface area (Å²) >= 11 is 0. The van der Waals surface area contributed by atoms with Gasteiger partial charge in [0.15, 0.2) is 0 Å². The summed E-state index contributed by atoms with van der Waals surface area (Å²) in [5.74, 6) is -1.72. The third-order valence-corrected chi connectivity index (χ3v) is 7.55. The van der Waals surface area contributed by atoms with E-state index in [9.17, 15) is 25.6 Å². The highest BCUT2D eigenvalue weighted by Crippen LogP contribution is 2.24. The van der Waals surface area contributed by atoms with Crippen molar-refractivity contribution in [1.82, 2.24) is 4.31 Å². The van der Waals surface area contributed by atoms with Gasteiger partial charge in [0.1, 0.15) is 11.6 Å². The molecule has 0 aliphatic carbocycles. The van der Waals surface area contributed by atoms with E-state index < -0.39 is 37.4 Å². The number of hydrogen-bond acceptors (Lipinski definition) is 4. The van der Waals surface area contributed by atoms with Gasteiger partial charge in [0.25, 0.3) is 10.0 Å². The van der Waals surface area contributed by atoms with E-state index in [1.807, 2.05) is 4.72 Å². The average molecular weight is 416 g/mol. The average Bonchev–Trinajstić information content (AvgIpc) is 2.65. The van der Waals surface area contributed by atoms with E-state index in [4.69, 9.17) is 0 Å². The van der Waals surface area contributed by atoms with Gasteiger partial charge in [-0.05, 0) is 49.2 Å². The van der Waals surface area contributed by atoms with Crippen molar-refractivity contribution in [3.63, 3.8) is 0 Å². The van der Waals surface area contributed by atoms with E-state index in [0.29, 0.717) is 13.1 Å².